The molecule has 0 radical (unpaired) electrons. The van der Waals surface area contributed by atoms with E-state index in [0.29, 0.717) is 5.56 Å². The second-order valence-electron chi connectivity index (χ2n) is 3.41. The monoisotopic (exact) mass is 193 g/mol. The molecule has 0 amide bonds. The topological polar surface area (TPSA) is 12.0 Å². The first-order valence-corrected chi connectivity index (χ1v) is 4.73. The minimum atomic E-state index is -0.143. The maximum atomic E-state index is 13.0. The van der Waals surface area contributed by atoms with E-state index in [1.54, 1.807) is 6.92 Å². The minimum Gasteiger partial charge on any atom is -0.316 e. The number of rotatable bonds is 3. The van der Waals surface area contributed by atoms with Gasteiger partial charge in [-0.25, -0.2) is 4.39 Å². The third-order valence-corrected chi connectivity index (χ3v) is 2.23. The molecule has 0 aromatic heterocycles. The van der Waals surface area contributed by atoms with Gasteiger partial charge in [0.15, 0.2) is 0 Å². The minimum absolute atomic E-state index is 0.143. The number of hydrogen-bond acceptors (Lipinski definition) is 1. The highest BCUT2D eigenvalue weighted by atomic mass is 19.1. The first-order chi connectivity index (χ1) is 6.65. The summed E-state index contributed by atoms with van der Waals surface area (Å²) >= 11 is 0. The van der Waals surface area contributed by atoms with E-state index in [1.807, 2.05) is 26.1 Å². The molecular weight excluding hydrogens is 177 g/mol. The highest BCUT2D eigenvalue weighted by Gasteiger charge is 1.99. The molecule has 0 unspecified atom stereocenters. The zero-order valence-electron chi connectivity index (χ0n) is 8.89. The van der Waals surface area contributed by atoms with Crippen molar-refractivity contribution in [2.45, 2.75) is 13.8 Å². The summed E-state index contributed by atoms with van der Waals surface area (Å²) in [6.45, 7) is 4.65. The fourth-order valence-electron chi connectivity index (χ4n) is 1.26. The van der Waals surface area contributed by atoms with Gasteiger partial charge in [-0.15, -0.1) is 0 Å². The molecule has 1 rings (SSSR count). The average Bonchev–Trinajstić information content (AvgIpc) is 2.18. The van der Waals surface area contributed by atoms with Gasteiger partial charge in [0.05, 0.1) is 0 Å². The van der Waals surface area contributed by atoms with Gasteiger partial charge in [-0.05, 0) is 49.7 Å². The zero-order valence-corrected chi connectivity index (χ0v) is 8.89. The van der Waals surface area contributed by atoms with Crippen molar-refractivity contribution in [1.29, 1.82) is 0 Å². The number of likely N-dealkylation sites (N-methyl/N-ethyl adjacent to an activating group) is 1. The van der Waals surface area contributed by atoms with Crippen molar-refractivity contribution < 1.29 is 4.39 Å². The van der Waals surface area contributed by atoms with Crippen molar-refractivity contribution in [2.24, 2.45) is 0 Å². The molecule has 0 atom stereocenters. The molecule has 0 saturated carbocycles. The van der Waals surface area contributed by atoms with Crippen LogP contribution in [0.5, 0.6) is 0 Å². The molecule has 1 N–H and O–H groups in total. The number of benzene rings is 1. The van der Waals surface area contributed by atoms with E-state index in [0.717, 1.165) is 12.1 Å². The van der Waals surface area contributed by atoms with E-state index in [2.05, 4.69) is 11.4 Å². The number of halogens is 1. The molecule has 0 saturated heterocycles. The van der Waals surface area contributed by atoms with Crippen LogP contribution in [0.25, 0.3) is 5.57 Å². The van der Waals surface area contributed by atoms with E-state index in [1.165, 1.54) is 11.6 Å². The number of hydrogen-bond donors (Lipinski definition) is 1. The Morgan fingerprint density at radius 3 is 2.79 bits per heavy atom. The van der Waals surface area contributed by atoms with Crippen molar-refractivity contribution >= 4 is 5.57 Å². The van der Waals surface area contributed by atoms with Crippen LogP contribution in [-0.4, -0.2) is 13.6 Å². The predicted octanol–water partition coefficient (Wildman–Crippen LogP) is 2.76. The second kappa shape index (κ2) is 4.91. The van der Waals surface area contributed by atoms with E-state index in [-0.39, 0.29) is 5.82 Å². The Morgan fingerprint density at radius 1 is 1.50 bits per heavy atom. The number of nitrogens with one attached hydrogen (secondary N) is 1. The molecule has 1 aromatic rings. The van der Waals surface area contributed by atoms with E-state index in [4.69, 9.17) is 0 Å². The van der Waals surface area contributed by atoms with Crippen LogP contribution in [-0.2, 0) is 0 Å². The lowest BCUT2D eigenvalue weighted by molar-refractivity contribution is 0.618. The van der Waals surface area contributed by atoms with Gasteiger partial charge in [0.1, 0.15) is 5.82 Å². The van der Waals surface area contributed by atoms with Gasteiger partial charge in [0.25, 0.3) is 0 Å². The Bertz CT molecular complexity index is 342. The molecule has 1 aromatic carbocycles. The molecule has 0 aliphatic carbocycles. The summed E-state index contributed by atoms with van der Waals surface area (Å²) in [5.74, 6) is -0.143. The summed E-state index contributed by atoms with van der Waals surface area (Å²) in [6, 6.07) is 5.20. The van der Waals surface area contributed by atoms with Crippen molar-refractivity contribution in [3.05, 3.63) is 41.2 Å². The van der Waals surface area contributed by atoms with E-state index in [9.17, 15) is 4.39 Å². The van der Waals surface area contributed by atoms with Gasteiger partial charge in [0, 0.05) is 6.54 Å². The zero-order chi connectivity index (χ0) is 10.6. The smallest absolute Gasteiger partial charge is 0.126 e. The van der Waals surface area contributed by atoms with Gasteiger partial charge >= 0.3 is 0 Å². The van der Waals surface area contributed by atoms with Gasteiger partial charge < -0.3 is 5.32 Å². The molecule has 14 heavy (non-hydrogen) atoms. The Kier molecular flexibility index (Phi) is 3.84. The first kappa shape index (κ1) is 10.9. The first-order valence-electron chi connectivity index (χ1n) is 4.73. The molecule has 2 heteroatoms. The van der Waals surface area contributed by atoms with E-state index < -0.39 is 0 Å². The normalized spacial score (nSPS) is 11.9. The highest BCUT2D eigenvalue weighted by molar-refractivity contribution is 5.64. The Labute approximate surface area is 84.6 Å². The van der Waals surface area contributed by atoms with Crippen LogP contribution in [0.4, 0.5) is 4.39 Å². The van der Waals surface area contributed by atoms with Crippen LogP contribution in [0, 0.1) is 12.7 Å². The van der Waals surface area contributed by atoms with Crippen LogP contribution in [0.3, 0.4) is 0 Å². The van der Waals surface area contributed by atoms with Crippen LogP contribution in [0.1, 0.15) is 18.1 Å². The molecule has 0 fully saturated rings. The van der Waals surface area contributed by atoms with Crippen molar-refractivity contribution in [2.75, 3.05) is 13.6 Å². The molecule has 0 aliphatic rings. The number of allylic oxidation sites excluding steroid dienone is 1. The van der Waals surface area contributed by atoms with Gasteiger partial charge in [0.2, 0.25) is 0 Å². The second-order valence-corrected chi connectivity index (χ2v) is 3.41. The average molecular weight is 193 g/mol. The van der Waals surface area contributed by atoms with Crippen molar-refractivity contribution in [1.82, 2.24) is 5.32 Å². The molecule has 0 aliphatic heterocycles. The fraction of sp³-hybridized carbons (Fsp3) is 0.333. The maximum absolute atomic E-state index is 13.0. The Hall–Kier alpha value is -1.15. The number of aryl methyl sites for hydroxylation is 1. The van der Waals surface area contributed by atoms with Crippen LogP contribution in [0.2, 0.25) is 0 Å². The summed E-state index contributed by atoms with van der Waals surface area (Å²) in [7, 11) is 1.90. The maximum Gasteiger partial charge on any atom is 0.126 e. The predicted molar refractivity (Wildman–Crippen MR) is 58.7 cm³/mol. The van der Waals surface area contributed by atoms with Gasteiger partial charge in [-0.1, -0.05) is 12.1 Å². The molecule has 0 heterocycles. The SMILES string of the molecule is CNC/C=C(/C)c1ccc(F)c(C)c1. The highest BCUT2D eigenvalue weighted by Crippen LogP contribution is 2.16. The summed E-state index contributed by atoms with van der Waals surface area (Å²) < 4.78 is 13.0. The molecule has 0 spiro atoms. The lowest BCUT2D eigenvalue weighted by Crippen LogP contribution is -2.04. The quantitative estimate of drug-likeness (QED) is 0.778. The largest absolute Gasteiger partial charge is 0.316 e. The fourth-order valence-corrected chi connectivity index (χ4v) is 1.26. The van der Waals surface area contributed by atoms with Crippen LogP contribution < -0.4 is 5.32 Å². The van der Waals surface area contributed by atoms with E-state index >= 15 is 0 Å². The standard InChI is InChI=1S/C12H16FN/c1-9(6-7-14-3)11-4-5-12(13)10(2)8-11/h4-6,8,14H,7H2,1-3H3/b9-6-. The van der Waals surface area contributed by atoms with Crippen molar-refractivity contribution in [3.8, 4) is 0 Å². The Balaban J connectivity index is 2.91. The third-order valence-electron chi connectivity index (χ3n) is 2.23. The van der Waals surface area contributed by atoms with Gasteiger partial charge in [-0.2, -0.15) is 0 Å². The summed E-state index contributed by atoms with van der Waals surface area (Å²) in [4.78, 5) is 0. The third kappa shape index (κ3) is 2.67. The summed E-state index contributed by atoms with van der Waals surface area (Å²) in [5.41, 5.74) is 2.95. The molecule has 0 bridgehead atoms. The lowest BCUT2D eigenvalue weighted by atomic mass is 10.0. The lowest BCUT2D eigenvalue weighted by Gasteiger charge is -2.04. The molecule has 1 nitrogen and oxygen atoms in total. The Morgan fingerprint density at radius 2 is 2.21 bits per heavy atom. The molecular formula is C12H16FN. The van der Waals surface area contributed by atoms with Crippen LogP contribution in [0.15, 0.2) is 24.3 Å². The van der Waals surface area contributed by atoms with Gasteiger partial charge in [-0.3, -0.25) is 0 Å². The summed E-state index contributed by atoms with van der Waals surface area (Å²) in [6.07, 6.45) is 2.09. The molecule has 76 valence electrons. The van der Waals surface area contributed by atoms with Crippen molar-refractivity contribution in [3.63, 3.8) is 0 Å². The summed E-state index contributed by atoms with van der Waals surface area (Å²) in [5, 5.41) is 3.04. The van der Waals surface area contributed by atoms with Crippen LogP contribution >= 0.6 is 0 Å².